The van der Waals surface area contributed by atoms with Crippen molar-refractivity contribution in [1.82, 2.24) is 0 Å². The number of halogens is 1. The Bertz CT molecular complexity index is 308. The Labute approximate surface area is 89.0 Å². The van der Waals surface area contributed by atoms with Crippen molar-refractivity contribution >= 4 is 0 Å². The zero-order chi connectivity index (χ0) is 10.5. The molecule has 0 spiro atoms. The van der Waals surface area contributed by atoms with Gasteiger partial charge in [0.15, 0.2) is 0 Å². The lowest BCUT2D eigenvalue weighted by molar-refractivity contribution is -0.0111. The van der Waals surface area contributed by atoms with Gasteiger partial charge in [-0.05, 0) is 31.4 Å². The molecule has 2 nitrogen and oxygen atoms in total. The van der Waals surface area contributed by atoms with Crippen LogP contribution in [0.4, 0.5) is 4.39 Å². The van der Waals surface area contributed by atoms with Crippen molar-refractivity contribution in [2.45, 2.75) is 25.4 Å². The van der Waals surface area contributed by atoms with Crippen molar-refractivity contribution in [3.63, 3.8) is 0 Å². The minimum atomic E-state index is -0.267. The number of hydrogen-bond acceptors (Lipinski definition) is 2. The van der Waals surface area contributed by atoms with E-state index < -0.39 is 0 Å². The predicted octanol–water partition coefficient (Wildman–Crippen LogP) is 2.77. The molecule has 1 unspecified atom stereocenters. The summed E-state index contributed by atoms with van der Waals surface area (Å²) in [5, 5.41) is 0. The Morgan fingerprint density at radius 1 is 1.40 bits per heavy atom. The first-order valence-electron chi connectivity index (χ1n) is 5.34. The van der Waals surface area contributed by atoms with Crippen molar-refractivity contribution in [1.29, 1.82) is 0 Å². The molecule has 0 aromatic heterocycles. The number of rotatable bonds is 3. The molecule has 82 valence electrons. The van der Waals surface area contributed by atoms with Crippen LogP contribution in [0.2, 0.25) is 0 Å². The molecule has 1 heterocycles. The molecule has 1 aliphatic heterocycles. The summed E-state index contributed by atoms with van der Waals surface area (Å²) < 4.78 is 23.8. The fourth-order valence-corrected chi connectivity index (χ4v) is 1.68. The summed E-state index contributed by atoms with van der Waals surface area (Å²) in [6, 6.07) is 6.20. The van der Waals surface area contributed by atoms with Crippen LogP contribution in [0.3, 0.4) is 0 Å². The lowest BCUT2D eigenvalue weighted by Crippen LogP contribution is -2.25. The van der Waals surface area contributed by atoms with E-state index >= 15 is 0 Å². The minimum Gasteiger partial charge on any atom is -0.491 e. The summed E-state index contributed by atoms with van der Waals surface area (Å²) in [4.78, 5) is 0. The Kier molecular flexibility index (Phi) is 3.56. The standard InChI is InChI=1S/C12H15FO2/c13-10-4-3-6-11(8-10)15-9-12-5-1-2-7-14-12/h3-4,6,8,12H,1-2,5,7,9H2. The third-order valence-electron chi connectivity index (χ3n) is 2.51. The fourth-order valence-electron chi connectivity index (χ4n) is 1.68. The first-order valence-corrected chi connectivity index (χ1v) is 5.34. The normalized spacial score (nSPS) is 21.3. The van der Waals surface area contributed by atoms with Crippen LogP contribution < -0.4 is 4.74 Å². The van der Waals surface area contributed by atoms with E-state index in [4.69, 9.17) is 9.47 Å². The first kappa shape index (κ1) is 10.4. The van der Waals surface area contributed by atoms with Gasteiger partial charge in [-0.25, -0.2) is 4.39 Å². The van der Waals surface area contributed by atoms with Gasteiger partial charge in [-0.15, -0.1) is 0 Å². The van der Waals surface area contributed by atoms with Crippen LogP contribution in [0.15, 0.2) is 24.3 Å². The van der Waals surface area contributed by atoms with Crippen molar-refractivity contribution in [2.24, 2.45) is 0 Å². The summed E-state index contributed by atoms with van der Waals surface area (Å²) in [6.07, 6.45) is 3.53. The lowest BCUT2D eigenvalue weighted by atomic mass is 10.1. The smallest absolute Gasteiger partial charge is 0.126 e. The second kappa shape index (κ2) is 5.12. The molecule has 0 bridgehead atoms. The van der Waals surface area contributed by atoms with E-state index in [0.29, 0.717) is 12.4 Å². The van der Waals surface area contributed by atoms with E-state index in [1.807, 2.05) is 0 Å². The zero-order valence-electron chi connectivity index (χ0n) is 8.62. The highest BCUT2D eigenvalue weighted by Crippen LogP contribution is 2.16. The highest BCUT2D eigenvalue weighted by atomic mass is 19.1. The topological polar surface area (TPSA) is 18.5 Å². The van der Waals surface area contributed by atoms with E-state index in [0.717, 1.165) is 19.4 Å². The molecule has 1 aromatic rings. The van der Waals surface area contributed by atoms with Gasteiger partial charge in [-0.2, -0.15) is 0 Å². The molecule has 0 N–H and O–H groups in total. The van der Waals surface area contributed by atoms with Gasteiger partial charge in [-0.1, -0.05) is 6.07 Å². The predicted molar refractivity (Wildman–Crippen MR) is 55.5 cm³/mol. The van der Waals surface area contributed by atoms with Gasteiger partial charge in [0.25, 0.3) is 0 Å². The Morgan fingerprint density at radius 2 is 2.33 bits per heavy atom. The molecule has 1 aliphatic rings. The van der Waals surface area contributed by atoms with Crippen molar-refractivity contribution in [3.8, 4) is 5.75 Å². The van der Waals surface area contributed by atoms with Crippen LogP contribution in [0.5, 0.6) is 5.75 Å². The van der Waals surface area contributed by atoms with E-state index in [2.05, 4.69) is 0 Å². The van der Waals surface area contributed by atoms with Gasteiger partial charge in [-0.3, -0.25) is 0 Å². The molecule has 0 radical (unpaired) electrons. The van der Waals surface area contributed by atoms with Crippen LogP contribution in [0.25, 0.3) is 0 Å². The molecule has 3 heteroatoms. The average Bonchev–Trinajstić information content (AvgIpc) is 2.28. The average molecular weight is 210 g/mol. The second-order valence-electron chi connectivity index (χ2n) is 3.76. The maximum absolute atomic E-state index is 12.8. The summed E-state index contributed by atoms with van der Waals surface area (Å²) in [5.41, 5.74) is 0. The van der Waals surface area contributed by atoms with Gasteiger partial charge in [0.05, 0.1) is 6.10 Å². The molecule has 0 aliphatic carbocycles. The summed E-state index contributed by atoms with van der Waals surface area (Å²) in [6.45, 7) is 1.33. The molecule has 15 heavy (non-hydrogen) atoms. The highest BCUT2D eigenvalue weighted by Gasteiger charge is 2.14. The van der Waals surface area contributed by atoms with Crippen LogP contribution in [0, 0.1) is 5.82 Å². The maximum atomic E-state index is 12.8. The van der Waals surface area contributed by atoms with Gasteiger partial charge >= 0.3 is 0 Å². The third kappa shape index (κ3) is 3.20. The Balaban J connectivity index is 1.81. The fraction of sp³-hybridized carbons (Fsp3) is 0.500. The van der Waals surface area contributed by atoms with Gasteiger partial charge in [0.2, 0.25) is 0 Å². The quantitative estimate of drug-likeness (QED) is 0.763. The number of benzene rings is 1. The molecular weight excluding hydrogens is 195 g/mol. The zero-order valence-corrected chi connectivity index (χ0v) is 8.62. The van der Waals surface area contributed by atoms with E-state index in [-0.39, 0.29) is 11.9 Å². The maximum Gasteiger partial charge on any atom is 0.126 e. The monoisotopic (exact) mass is 210 g/mol. The van der Waals surface area contributed by atoms with Crippen molar-refractivity contribution in [3.05, 3.63) is 30.1 Å². The number of hydrogen-bond donors (Lipinski definition) is 0. The summed E-state index contributed by atoms with van der Waals surface area (Å²) in [5.74, 6) is 0.307. The van der Waals surface area contributed by atoms with Crippen molar-refractivity contribution in [2.75, 3.05) is 13.2 Å². The minimum absolute atomic E-state index is 0.169. The summed E-state index contributed by atoms with van der Waals surface area (Å²) in [7, 11) is 0. The van der Waals surface area contributed by atoms with Gasteiger partial charge < -0.3 is 9.47 Å². The first-order chi connectivity index (χ1) is 7.34. The van der Waals surface area contributed by atoms with Gasteiger partial charge in [0, 0.05) is 12.7 Å². The van der Waals surface area contributed by atoms with Gasteiger partial charge in [0.1, 0.15) is 18.2 Å². The second-order valence-corrected chi connectivity index (χ2v) is 3.76. The highest BCUT2D eigenvalue weighted by molar-refractivity contribution is 5.22. The molecule has 1 atom stereocenters. The van der Waals surface area contributed by atoms with Crippen LogP contribution >= 0.6 is 0 Å². The van der Waals surface area contributed by atoms with Crippen LogP contribution in [-0.4, -0.2) is 19.3 Å². The molecule has 1 saturated heterocycles. The SMILES string of the molecule is Fc1cccc(OCC2CCCCO2)c1. The van der Waals surface area contributed by atoms with E-state index in [1.165, 1.54) is 18.6 Å². The van der Waals surface area contributed by atoms with Crippen molar-refractivity contribution < 1.29 is 13.9 Å². The largest absolute Gasteiger partial charge is 0.491 e. The third-order valence-corrected chi connectivity index (χ3v) is 2.51. The van der Waals surface area contributed by atoms with E-state index in [9.17, 15) is 4.39 Å². The lowest BCUT2D eigenvalue weighted by Gasteiger charge is -2.22. The number of ether oxygens (including phenoxy) is 2. The molecule has 1 fully saturated rings. The van der Waals surface area contributed by atoms with E-state index in [1.54, 1.807) is 12.1 Å². The van der Waals surface area contributed by atoms with Crippen LogP contribution in [0.1, 0.15) is 19.3 Å². The molecular formula is C12H15FO2. The summed E-state index contributed by atoms with van der Waals surface area (Å²) >= 11 is 0. The molecule has 1 aromatic carbocycles. The Morgan fingerprint density at radius 3 is 3.07 bits per heavy atom. The Hall–Kier alpha value is -1.09. The molecule has 0 saturated carbocycles. The molecule has 0 amide bonds. The molecule has 2 rings (SSSR count). The van der Waals surface area contributed by atoms with Crippen LogP contribution in [-0.2, 0) is 4.74 Å².